The molecule has 3 aliphatic heterocycles. The third kappa shape index (κ3) is 1.75. The predicted octanol–water partition coefficient (Wildman–Crippen LogP) is 1.62. The van der Waals surface area contributed by atoms with E-state index in [4.69, 9.17) is 4.74 Å². The van der Waals surface area contributed by atoms with Gasteiger partial charge < -0.3 is 14.7 Å². The topological polar surface area (TPSA) is 66.8 Å². The summed E-state index contributed by atoms with van der Waals surface area (Å²) in [5, 5.41) is 9.47. The van der Waals surface area contributed by atoms with E-state index >= 15 is 0 Å². The van der Waals surface area contributed by atoms with Crippen LogP contribution in [-0.4, -0.2) is 35.2 Å². The van der Waals surface area contributed by atoms with E-state index in [1.165, 1.54) is 0 Å². The molecule has 1 aromatic carbocycles. The minimum Gasteiger partial charge on any atom is -0.481 e. The number of amides is 1. The molecular weight excluding hydrogens is 282 g/mol. The van der Waals surface area contributed by atoms with E-state index < -0.39 is 30.0 Å². The maximum absolute atomic E-state index is 13.1. The number of carbonyl (C=O) groups is 2. The molecule has 1 amide bonds. The van der Waals surface area contributed by atoms with Crippen LogP contribution in [0.5, 0.6) is 0 Å². The van der Waals surface area contributed by atoms with Gasteiger partial charge in [-0.2, -0.15) is 0 Å². The molecule has 1 aromatic rings. The first-order valence-electron chi connectivity index (χ1n) is 7.55. The number of rotatable bonds is 2. The molecule has 5 atom stereocenters. The Morgan fingerprint density at radius 3 is 2.59 bits per heavy atom. The molecule has 5 heteroatoms. The lowest BCUT2D eigenvalue weighted by Gasteiger charge is -2.29. The standard InChI is InChI=1S/C17H17NO4/c1-9-8-10-4-2-3-5-11(10)18(9)16(19)14-12-6-7-13(22-12)15(14)17(20)21/h2-7,9,12-15H,8H2,1H3,(H,20,21)/t9-,12-,13-,14+,15-/m1/s1. The van der Waals surface area contributed by atoms with E-state index in [2.05, 4.69) is 0 Å². The van der Waals surface area contributed by atoms with E-state index in [9.17, 15) is 14.7 Å². The van der Waals surface area contributed by atoms with Gasteiger partial charge in [0.1, 0.15) is 5.92 Å². The molecule has 3 heterocycles. The fraction of sp³-hybridized carbons (Fsp3) is 0.412. The maximum atomic E-state index is 13.1. The maximum Gasteiger partial charge on any atom is 0.310 e. The average Bonchev–Trinajstić information content (AvgIpc) is 3.17. The molecule has 0 saturated carbocycles. The van der Waals surface area contributed by atoms with E-state index in [1.54, 1.807) is 11.0 Å². The summed E-state index contributed by atoms with van der Waals surface area (Å²) >= 11 is 0. The van der Waals surface area contributed by atoms with Crippen LogP contribution < -0.4 is 4.90 Å². The number of anilines is 1. The van der Waals surface area contributed by atoms with Gasteiger partial charge in [0.15, 0.2) is 0 Å². The highest BCUT2D eigenvalue weighted by molar-refractivity contribution is 6.00. The summed E-state index contributed by atoms with van der Waals surface area (Å²) in [4.78, 5) is 26.4. The Morgan fingerprint density at radius 1 is 1.18 bits per heavy atom. The fourth-order valence-electron chi connectivity index (χ4n) is 3.96. The molecule has 5 nitrogen and oxygen atoms in total. The summed E-state index contributed by atoms with van der Waals surface area (Å²) in [6.45, 7) is 2.00. The van der Waals surface area contributed by atoms with Crippen LogP contribution in [0.15, 0.2) is 36.4 Å². The number of hydrogen-bond donors (Lipinski definition) is 1. The van der Waals surface area contributed by atoms with Crippen molar-refractivity contribution in [2.45, 2.75) is 31.6 Å². The number of carboxylic acid groups (broad SMARTS) is 1. The third-order valence-electron chi connectivity index (χ3n) is 4.91. The van der Waals surface area contributed by atoms with Crippen molar-refractivity contribution in [1.82, 2.24) is 0 Å². The van der Waals surface area contributed by atoms with E-state index in [-0.39, 0.29) is 11.9 Å². The number of ether oxygens (including phenoxy) is 1. The Kier molecular flexibility index (Phi) is 2.87. The Labute approximate surface area is 128 Å². The number of benzene rings is 1. The van der Waals surface area contributed by atoms with Gasteiger partial charge in [-0.15, -0.1) is 0 Å². The first kappa shape index (κ1) is 13.5. The van der Waals surface area contributed by atoms with Crippen molar-refractivity contribution in [3.63, 3.8) is 0 Å². The molecule has 0 aliphatic carbocycles. The Morgan fingerprint density at radius 2 is 1.86 bits per heavy atom. The second-order valence-corrected chi connectivity index (χ2v) is 6.23. The number of para-hydroxylation sites is 1. The number of hydrogen-bond acceptors (Lipinski definition) is 3. The number of aliphatic carboxylic acids is 1. The summed E-state index contributed by atoms with van der Waals surface area (Å²) in [6.07, 6.45) is 3.48. The van der Waals surface area contributed by atoms with Crippen molar-refractivity contribution >= 4 is 17.6 Å². The first-order chi connectivity index (χ1) is 10.6. The zero-order valence-corrected chi connectivity index (χ0v) is 12.2. The van der Waals surface area contributed by atoms with Gasteiger partial charge in [0.25, 0.3) is 0 Å². The molecule has 0 aromatic heterocycles. The van der Waals surface area contributed by atoms with Crippen molar-refractivity contribution in [3.05, 3.63) is 42.0 Å². The quantitative estimate of drug-likeness (QED) is 0.843. The lowest BCUT2D eigenvalue weighted by Crippen LogP contribution is -2.47. The van der Waals surface area contributed by atoms with Gasteiger partial charge in [-0.1, -0.05) is 30.4 Å². The van der Waals surface area contributed by atoms with Crippen LogP contribution in [0.2, 0.25) is 0 Å². The molecule has 114 valence electrons. The SMILES string of the molecule is C[C@@H]1Cc2ccccc2N1C(=O)[C@@H]1[C@H](C(=O)O)[C@H]2C=C[C@H]1O2. The smallest absolute Gasteiger partial charge is 0.310 e. The molecule has 2 bridgehead atoms. The summed E-state index contributed by atoms with van der Waals surface area (Å²) in [6, 6.07) is 7.86. The van der Waals surface area contributed by atoms with E-state index in [0.717, 1.165) is 17.7 Å². The van der Waals surface area contributed by atoms with E-state index in [0.29, 0.717) is 0 Å². The van der Waals surface area contributed by atoms with Crippen LogP contribution >= 0.6 is 0 Å². The molecule has 1 N–H and O–H groups in total. The van der Waals surface area contributed by atoms with Gasteiger partial charge in [0, 0.05) is 11.7 Å². The van der Waals surface area contributed by atoms with Crippen molar-refractivity contribution in [3.8, 4) is 0 Å². The Hall–Kier alpha value is -2.14. The van der Waals surface area contributed by atoms with Gasteiger partial charge in [-0.05, 0) is 25.0 Å². The summed E-state index contributed by atoms with van der Waals surface area (Å²) in [5.74, 6) is -2.53. The van der Waals surface area contributed by atoms with Crippen molar-refractivity contribution in [2.75, 3.05) is 4.90 Å². The first-order valence-corrected chi connectivity index (χ1v) is 7.55. The Bertz CT molecular complexity index is 683. The normalized spacial score (nSPS) is 35.0. The molecule has 1 saturated heterocycles. The number of carboxylic acids is 1. The van der Waals surface area contributed by atoms with E-state index in [1.807, 2.05) is 37.3 Å². The highest BCUT2D eigenvalue weighted by atomic mass is 16.5. The second kappa shape index (κ2) is 4.68. The summed E-state index contributed by atoms with van der Waals surface area (Å²) < 4.78 is 5.62. The largest absolute Gasteiger partial charge is 0.481 e. The van der Waals surface area contributed by atoms with Crippen molar-refractivity contribution < 1.29 is 19.4 Å². The molecule has 22 heavy (non-hydrogen) atoms. The third-order valence-corrected chi connectivity index (χ3v) is 4.91. The highest BCUT2D eigenvalue weighted by Crippen LogP contribution is 2.43. The zero-order chi connectivity index (χ0) is 15.4. The molecule has 0 radical (unpaired) electrons. The average molecular weight is 299 g/mol. The van der Waals surface area contributed by atoms with Gasteiger partial charge in [-0.3, -0.25) is 9.59 Å². The predicted molar refractivity (Wildman–Crippen MR) is 79.5 cm³/mol. The van der Waals surface area contributed by atoms with Crippen LogP contribution in [0.25, 0.3) is 0 Å². The van der Waals surface area contributed by atoms with Crippen molar-refractivity contribution in [2.24, 2.45) is 11.8 Å². The molecular formula is C17H17NO4. The van der Waals surface area contributed by atoms with Crippen LogP contribution in [0.4, 0.5) is 5.69 Å². The number of carbonyl (C=O) groups excluding carboxylic acids is 1. The lowest BCUT2D eigenvalue weighted by molar-refractivity contribution is -0.146. The second-order valence-electron chi connectivity index (χ2n) is 6.23. The minimum atomic E-state index is -0.963. The minimum absolute atomic E-state index is 0.0439. The zero-order valence-electron chi connectivity index (χ0n) is 12.2. The molecule has 4 rings (SSSR count). The Balaban J connectivity index is 1.70. The van der Waals surface area contributed by atoms with Crippen LogP contribution in [0.1, 0.15) is 12.5 Å². The van der Waals surface area contributed by atoms with Gasteiger partial charge in [-0.25, -0.2) is 0 Å². The van der Waals surface area contributed by atoms with Gasteiger partial charge in [0.05, 0.1) is 18.1 Å². The lowest BCUT2D eigenvalue weighted by atomic mass is 9.82. The monoisotopic (exact) mass is 299 g/mol. The number of nitrogens with zero attached hydrogens (tertiary/aromatic N) is 1. The van der Waals surface area contributed by atoms with Crippen LogP contribution in [-0.2, 0) is 20.7 Å². The molecule has 1 fully saturated rings. The number of fused-ring (bicyclic) bond motifs is 3. The van der Waals surface area contributed by atoms with Crippen LogP contribution in [0, 0.1) is 11.8 Å². The summed E-state index contributed by atoms with van der Waals surface area (Å²) in [7, 11) is 0. The van der Waals surface area contributed by atoms with Gasteiger partial charge >= 0.3 is 5.97 Å². The van der Waals surface area contributed by atoms with Crippen molar-refractivity contribution in [1.29, 1.82) is 0 Å². The molecule has 3 aliphatic rings. The fourth-order valence-corrected chi connectivity index (χ4v) is 3.96. The molecule has 0 spiro atoms. The molecule has 0 unspecified atom stereocenters. The van der Waals surface area contributed by atoms with Crippen LogP contribution in [0.3, 0.4) is 0 Å². The highest BCUT2D eigenvalue weighted by Gasteiger charge is 2.55. The summed E-state index contributed by atoms with van der Waals surface area (Å²) in [5.41, 5.74) is 2.03. The van der Waals surface area contributed by atoms with Gasteiger partial charge in [0.2, 0.25) is 5.91 Å².